The zero-order chi connectivity index (χ0) is 13.1. The molecule has 1 aliphatic carbocycles. The van der Waals surface area contributed by atoms with Gasteiger partial charge in [-0.1, -0.05) is 12.8 Å². The Morgan fingerprint density at radius 3 is 2.61 bits per heavy atom. The van der Waals surface area contributed by atoms with Crippen molar-refractivity contribution in [2.24, 2.45) is 5.92 Å². The highest BCUT2D eigenvalue weighted by molar-refractivity contribution is 5.68. The number of hydrogen-bond donors (Lipinski definition) is 1. The van der Waals surface area contributed by atoms with Crippen molar-refractivity contribution in [3.8, 4) is 0 Å². The van der Waals surface area contributed by atoms with E-state index in [4.69, 9.17) is 5.11 Å². The molecule has 0 spiro atoms. The zero-order valence-corrected chi connectivity index (χ0v) is 10.0. The Morgan fingerprint density at radius 1 is 1.33 bits per heavy atom. The summed E-state index contributed by atoms with van der Waals surface area (Å²) in [5.41, 5.74) is 0.212. The lowest BCUT2D eigenvalue weighted by Gasteiger charge is -2.22. The number of carboxylic acids is 1. The fraction of sp³-hybridized carbons (Fsp3) is 0.500. The molecule has 4 heteroatoms. The third-order valence-corrected chi connectivity index (χ3v) is 3.72. The first-order valence-corrected chi connectivity index (χ1v) is 6.24. The van der Waals surface area contributed by atoms with Gasteiger partial charge in [0.05, 0.1) is 6.42 Å². The molecule has 1 aromatic carbocycles. The van der Waals surface area contributed by atoms with E-state index in [-0.39, 0.29) is 17.9 Å². The first kappa shape index (κ1) is 13.0. The molecule has 1 saturated carbocycles. The van der Waals surface area contributed by atoms with Gasteiger partial charge >= 0.3 is 5.97 Å². The number of halogens is 2. The largest absolute Gasteiger partial charge is 0.481 e. The van der Waals surface area contributed by atoms with E-state index in [1.165, 1.54) is 0 Å². The Bertz CT molecular complexity index is 439. The van der Waals surface area contributed by atoms with Crippen molar-refractivity contribution in [2.75, 3.05) is 0 Å². The van der Waals surface area contributed by atoms with Crippen LogP contribution in [0.3, 0.4) is 0 Å². The van der Waals surface area contributed by atoms with Crippen LogP contribution in [0.1, 0.15) is 43.6 Å². The van der Waals surface area contributed by atoms with Crippen LogP contribution in [-0.2, 0) is 4.79 Å². The van der Waals surface area contributed by atoms with Crippen molar-refractivity contribution in [1.82, 2.24) is 0 Å². The van der Waals surface area contributed by atoms with Crippen LogP contribution in [0.2, 0.25) is 0 Å². The quantitative estimate of drug-likeness (QED) is 0.889. The van der Waals surface area contributed by atoms with Crippen molar-refractivity contribution in [2.45, 2.75) is 38.0 Å². The molecule has 0 radical (unpaired) electrons. The molecule has 1 aromatic rings. The number of rotatable bonds is 4. The minimum Gasteiger partial charge on any atom is -0.481 e. The van der Waals surface area contributed by atoms with E-state index < -0.39 is 23.5 Å². The highest BCUT2D eigenvalue weighted by Crippen LogP contribution is 2.40. The molecule has 1 atom stereocenters. The predicted octanol–water partition coefficient (Wildman–Crippen LogP) is 3.71. The van der Waals surface area contributed by atoms with Gasteiger partial charge in [-0.25, -0.2) is 8.78 Å². The van der Waals surface area contributed by atoms with Crippen molar-refractivity contribution in [1.29, 1.82) is 0 Å². The molecule has 0 heterocycles. The SMILES string of the molecule is O=C(O)CC(c1cc(F)ccc1F)C1CCCC1. The molecule has 0 bridgehead atoms. The van der Waals surface area contributed by atoms with Gasteiger partial charge in [-0.3, -0.25) is 4.79 Å². The maximum absolute atomic E-state index is 13.8. The molecule has 18 heavy (non-hydrogen) atoms. The molecule has 1 N–H and O–H groups in total. The van der Waals surface area contributed by atoms with Gasteiger partial charge in [-0.05, 0) is 42.5 Å². The van der Waals surface area contributed by atoms with Crippen LogP contribution in [0.5, 0.6) is 0 Å². The Kier molecular flexibility index (Phi) is 3.94. The maximum Gasteiger partial charge on any atom is 0.303 e. The van der Waals surface area contributed by atoms with E-state index in [1.807, 2.05) is 0 Å². The van der Waals surface area contributed by atoms with E-state index in [1.54, 1.807) is 0 Å². The van der Waals surface area contributed by atoms with Crippen LogP contribution < -0.4 is 0 Å². The summed E-state index contributed by atoms with van der Waals surface area (Å²) >= 11 is 0. The van der Waals surface area contributed by atoms with Gasteiger partial charge in [-0.2, -0.15) is 0 Å². The monoisotopic (exact) mass is 254 g/mol. The van der Waals surface area contributed by atoms with Gasteiger partial charge in [0.1, 0.15) is 11.6 Å². The lowest BCUT2D eigenvalue weighted by atomic mass is 9.82. The third-order valence-electron chi connectivity index (χ3n) is 3.72. The van der Waals surface area contributed by atoms with Crippen molar-refractivity contribution >= 4 is 5.97 Å². The molecule has 1 unspecified atom stereocenters. The average Bonchev–Trinajstić information content (AvgIpc) is 2.82. The molecule has 98 valence electrons. The fourth-order valence-electron chi connectivity index (χ4n) is 2.88. The summed E-state index contributed by atoms with van der Waals surface area (Å²) in [7, 11) is 0. The highest BCUT2D eigenvalue weighted by atomic mass is 19.1. The summed E-state index contributed by atoms with van der Waals surface area (Å²) in [4.78, 5) is 10.9. The molecule has 0 aliphatic heterocycles. The second-order valence-corrected chi connectivity index (χ2v) is 4.91. The number of benzene rings is 1. The van der Waals surface area contributed by atoms with E-state index in [9.17, 15) is 13.6 Å². The normalized spacial score (nSPS) is 17.9. The van der Waals surface area contributed by atoms with Crippen molar-refractivity contribution in [3.05, 3.63) is 35.4 Å². The lowest BCUT2D eigenvalue weighted by molar-refractivity contribution is -0.137. The van der Waals surface area contributed by atoms with Crippen LogP contribution in [0.25, 0.3) is 0 Å². The molecule has 0 saturated heterocycles. The van der Waals surface area contributed by atoms with Crippen molar-refractivity contribution < 1.29 is 18.7 Å². The number of carbonyl (C=O) groups is 1. The minimum absolute atomic E-state index is 0.134. The lowest BCUT2D eigenvalue weighted by Crippen LogP contribution is -2.16. The molecule has 1 aliphatic rings. The molecule has 0 amide bonds. The topological polar surface area (TPSA) is 37.3 Å². The number of hydrogen-bond acceptors (Lipinski definition) is 1. The van der Waals surface area contributed by atoms with Crippen LogP contribution in [0.15, 0.2) is 18.2 Å². The molecule has 2 rings (SSSR count). The summed E-state index contributed by atoms with van der Waals surface area (Å²) in [6, 6.07) is 3.28. The Balaban J connectivity index is 2.31. The summed E-state index contributed by atoms with van der Waals surface area (Å²) in [5, 5.41) is 8.95. The smallest absolute Gasteiger partial charge is 0.303 e. The van der Waals surface area contributed by atoms with E-state index in [0.29, 0.717) is 0 Å². The predicted molar refractivity (Wildman–Crippen MR) is 63.3 cm³/mol. The van der Waals surface area contributed by atoms with E-state index in [0.717, 1.165) is 43.9 Å². The Labute approximate surface area is 105 Å². The summed E-state index contributed by atoms with van der Waals surface area (Å²) < 4.78 is 27.0. The Morgan fingerprint density at radius 2 is 2.00 bits per heavy atom. The zero-order valence-electron chi connectivity index (χ0n) is 10.0. The molecular weight excluding hydrogens is 238 g/mol. The highest BCUT2D eigenvalue weighted by Gasteiger charge is 2.30. The molecule has 1 fully saturated rings. The van der Waals surface area contributed by atoms with Gasteiger partial charge in [0.15, 0.2) is 0 Å². The van der Waals surface area contributed by atoms with E-state index >= 15 is 0 Å². The second-order valence-electron chi connectivity index (χ2n) is 4.91. The third kappa shape index (κ3) is 2.86. The average molecular weight is 254 g/mol. The van der Waals surface area contributed by atoms with Crippen LogP contribution in [0, 0.1) is 17.6 Å². The number of carboxylic acid groups (broad SMARTS) is 1. The van der Waals surface area contributed by atoms with Crippen LogP contribution in [0.4, 0.5) is 8.78 Å². The van der Waals surface area contributed by atoms with Gasteiger partial charge in [-0.15, -0.1) is 0 Å². The van der Waals surface area contributed by atoms with Crippen LogP contribution in [-0.4, -0.2) is 11.1 Å². The molecule has 2 nitrogen and oxygen atoms in total. The van der Waals surface area contributed by atoms with Crippen LogP contribution >= 0.6 is 0 Å². The first-order chi connectivity index (χ1) is 8.58. The fourth-order valence-corrected chi connectivity index (χ4v) is 2.88. The summed E-state index contributed by atoms with van der Waals surface area (Å²) in [5.74, 6) is -2.25. The van der Waals surface area contributed by atoms with Gasteiger partial charge in [0, 0.05) is 5.92 Å². The molecule has 0 aromatic heterocycles. The first-order valence-electron chi connectivity index (χ1n) is 6.24. The Hall–Kier alpha value is -1.45. The summed E-state index contributed by atoms with van der Waals surface area (Å²) in [6.07, 6.45) is 3.74. The minimum atomic E-state index is -0.962. The molecular formula is C14H16F2O2. The van der Waals surface area contributed by atoms with E-state index in [2.05, 4.69) is 0 Å². The standard InChI is InChI=1S/C14H16F2O2/c15-10-5-6-13(16)12(7-10)11(8-14(17)18)9-3-1-2-4-9/h5-7,9,11H,1-4,8H2,(H,17,18). The maximum atomic E-state index is 13.8. The van der Waals surface area contributed by atoms with Gasteiger partial charge < -0.3 is 5.11 Å². The second kappa shape index (κ2) is 5.46. The van der Waals surface area contributed by atoms with Gasteiger partial charge in [0.2, 0.25) is 0 Å². The van der Waals surface area contributed by atoms with Crippen molar-refractivity contribution in [3.63, 3.8) is 0 Å². The number of aliphatic carboxylic acids is 1. The summed E-state index contributed by atoms with van der Waals surface area (Å²) in [6.45, 7) is 0. The van der Waals surface area contributed by atoms with Gasteiger partial charge in [0.25, 0.3) is 0 Å².